The van der Waals surface area contributed by atoms with Crippen molar-refractivity contribution in [2.75, 3.05) is 0 Å². The summed E-state index contributed by atoms with van der Waals surface area (Å²) in [7, 11) is 0. The number of hydrogen-bond acceptors (Lipinski definition) is 5. The zero-order chi connectivity index (χ0) is 14.4. The highest BCUT2D eigenvalue weighted by Gasteiger charge is 2.33. The molecule has 2 unspecified atom stereocenters. The van der Waals surface area contributed by atoms with Gasteiger partial charge in [0.05, 0.1) is 12.2 Å². The van der Waals surface area contributed by atoms with Gasteiger partial charge in [0.2, 0.25) is 0 Å². The number of aromatic nitrogens is 6. The smallest absolute Gasteiger partial charge is 0.307 e. The van der Waals surface area contributed by atoms with Crippen molar-refractivity contribution in [2.45, 2.75) is 18.8 Å². The Kier molecular flexibility index (Phi) is 2.50. The van der Waals surface area contributed by atoms with E-state index in [1.807, 2.05) is 12.2 Å². The summed E-state index contributed by atoms with van der Waals surface area (Å²) in [5.41, 5.74) is 1.89. The molecule has 2 atom stereocenters. The lowest BCUT2D eigenvalue weighted by Crippen LogP contribution is -2.25. The Balaban J connectivity index is 1.89. The summed E-state index contributed by atoms with van der Waals surface area (Å²) in [6, 6.07) is 0. The highest BCUT2D eigenvalue weighted by atomic mass is 16.4. The maximum Gasteiger partial charge on any atom is 0.307 e. The second-order valence-electron chi connectivity index (χ2n) is 5.09. The van der Waals surface area contributed by atoms with Gasteiger partial charge in [0.25, 0.3) is 0 Å². The van der Waals surface area contributed by atoms with Crippen molar-refractivity contribution in [1.82, 2.24) is 29.5 Å². The molecule has 3 aromatic rings. The molecule has 2 N–H and O–H groups in total. The third kappa shape index (κ3) is 1.72. The molecule has 0 saturated heterocycles. The number of fused-ring (bicyclic) bond motifs is 3. The van der Waals surface area contributed by atoms with Crippen LogP contribution in [0.5, 0.6) is 0 Å². The quantitative estimate of drug-likeness (QED) is 0.683. The summed E-state index contributed by atoms with van der Waals surface area (Å²) in [6.45, 7) is 0. The minimum absolute atomic E-state index is 0.204. The number of carbonyl (C=O) groups is 1. The maximum absolute atomic E-state index is 11.4. The van der Waals surface area contributed by atoms with E-state index < -0.39 is 11.9 Å². The van der Waals surface area contributed by atoms with Crippen molar-refractivity contribution in [3.63, 3.8) is 0 Å². The second kappa shape index (κ2) is 4.37. The predicted molar refractivity (Wildman–Crippen MR) is 72.7 cm³/mol. The number of H-pyrrole nitrogens is 1. The van der Waals surface area contributed by atoms with Crippen LogP contribution in [0.2, 0.25) is 0 Å². The first-order chi connectivity index (χ1) is 10.3. The van der Waals surface area contributed by atoms with Gasteiger partial charge in [0.1, 0.15) is 17.7 Å². The van der Waals surface area contributed by atoms with Crippen LogP contribution >= 0.6 is 0 Å². The number of imidazole rings is 1. The fourth-order valence-corrected chi connectivity index (χ4v) is 2.87. The molecule has 3 aromatic heterocycles. The van der Waals surface area contributed by atoms with Crippen molar-refractivity contribution < 1.29 is 9.90 Å². The van der Waals surface area contributed by atoms with Crippen LogP contribution in [0.15, 0.2) is 24.8 Å². The van der Waals surface area contributed by atoms with Gasteiger partial charge in [-0.15, -0.1) is 10.2 Å². The number of rotatable bonds is 2. The minimum atomic E-state index is -0.809. The van der Waals surface area contributed by atoms with E-state index in [0.717, 1.165) is 0 Å². The molecular weight excluding hydrogens is 272 g/mol. The topological polar surface area (TPSA) is 109 Å². The predicted octanol–water partition coefficient (Wildman–Crippen LogP) is 1.13. The van der Waals surface area contributed by atoms with E-state index in [4.69, 9.17) is 0 Å². The molecule has 0 amide bonds. The van der Waals surface area contributed by atoms with Crippen molar-refractivity contribution in [3.8, 4) is 0 Å². The molecule has 0 fully saturated rings. The van der Waals surface area contributed by atoms with Crippen LogP contribution in [0.4, 0.5) is 0 Å². The fraction of sp³-hybridized carbons (Fsp3) is 0.308. The Morgan fingerprint density at radius 2 is 2.14 bits per heavy atom. The first-order valence-corrected chi connectivity index (χ1v) is 6.66. The van der Waals surface area contributed by atoms with Gasteiger partial charge in [-0.1, -0.05) is 12.2 Å². The van der Waals surface area contributed by atoms with Crippen LogP contribution in [0.25, 0.3) is 16.8 Å². The molecule has 1 aliphatic rings. The van der Waals surface area contributed by atoms with Crippen LogP contribution < -0.4 is 0 Å². The van der Waals surface area contributed by atoms with Crippen molar-refractivity contribution in [1.29, 1.82) is 0 Å². The molecular formula is C13H12N6O2. The Morgan fingerprint density at radius 1 is 1.29 bits per heavy atom. The second-order valence-corrected chi connectivity index (χ2v) is 5.09. The van der Waals surface area contributed by atoms with Gasteiger partial charge in [-0.05, 0) is 12.8 Å². The standard InChI is InChI=1S/C13H12N6O2/c20-13(21)8-4-2-1-3-7(8)11-17-18-12-9-10(15-5-14-9)16-6-19(11)12/h1-2,5-8H,3-4H2,(H,14,15)(H,20,21). The molecule has 0 aliphatic heterocycles. The molecule has 8 nitrogen and oxygen atoms in total. The van der Waals surface area contributed by atoms with Gasteiger partial charge in [-0.2, -0.15) is 0 Å². The van der Waals surface area contributed by atoms with Gasteiger partial charge in [0, 0.05) is 5.92 Å². The highest BCUT2D eigenvalue weighted by molar-refractivity contribution is 5.84. The van der Waals surface area contributed by atoms with Crippen LogP contribution in [0.3, 0.4) is 0 Å². The van der Waals surface area contributed by atoms with Crippen molar-refractivity contribution in [3.05, 3.63) is 30.6 Å². The Labute approximate surface area is 118 Å². The molecule has 3 heterocycles. The van der Waals surface area contributed by atoms with Crippen molar-refractivity contribution in [2.24, 2.45) is 5.92 Å². The molecule has 106 valence electrons. The van der Waals surface area contributed by atoms with Gasteiger partial charge < -0.3 is 10.1 Å². The lowest BCUT2D eigenvalue weighted by atomic mass is 9.82. The molecule has 0 saturated carbocycles. The molecule has 4 rings (SSSR count). The van der Waals surface area contributed by atoms with E-state index in [2.05, 4.69) is 25.1 Å². The molecule has 21 heavy (non-hydrogen) atoms. The van der Waals surface area contributed by atoms with Gasteiger partial charge in [0.15, 0.2) is 11.3 Å². The number of nitrogens with one attached hydrogen (secondary N) is 1. The third-order valence-corrected chi connectivity index (χ3v) is 3.94. The lowest BCUT2D eigenvalue weighted by molar-refractivity contribution is -0.142. The molecule has 0 radical (unpaired) electrons. The van der Waals surface area contributed by atoms with Gasteiger partial charge in [-0.3, -0.25) is 9.20 Å². The summed E-state index contributed by atoms with van der Waals surface area (Å²) in [6.07, 6.45) is 8.20. The van der Waals surface area contributed by atoms with Crippen LogP contribution in [-0.4, -0.2) is 40.6 Å². The third-order valence-electron chi connectivity index (χ3n) is 3.94. The SMILES string of the molecule is O=C(O)C1CC=CCC1c1nnc2c3[nH]cnc3ncn12. The minimum Gasteiger partial charge on any atom is -0.481 e. The Morgan fingerprint density at radius 3 is 3.00 bits per heavy atom. The number of allylic oxidation sites excluding steroid dienone is 2. The number of hydrogen-bond donors (Lipinski definition) is 2. The molecule has 1 aliphatic carbocycles. The van der Waals surface area contributed by atoms with Gasteiger partial charge in [-0.25, -0.2) is 9.97 Å². The number of aromatic amines is 1. The molecule has 0 aromatic carbocycles. The first-order valence-electron chi connectivity index (χ1n) is 6.66. The lowest BCUT2D eigenvalue weighted by Gasteiger charge is -2.23. The van der Waals surface area contributed by atoms with E-state index in [9.17, 15) is 9.90 Å². The normalized spacial score (nSPS) is 22.1. The van der Waals surface area contributed by atoms with Crippen LogP contribution in [-0.2, 0) is 4.79 Å². The number of carboxylic acids is 1. The van der Waals surface area contributed by atoms with E-state index in [1.54, 1.807) is 17.1 Å². The largest absolute Gasteiger partial charge is 0.481 e. The number of aliphatic carboxylic acids is 1. The average Bonchev–Trinajstić information content (AvgIpc) is 3.12. The summed E-state index contributed by atoms with van der Waals surface area (Å²) < 4.78 is 1.75. The molecule has 0 spiro atoms. The number of nitrogens with zero attached hydrogens (tertiary/aromatic N) is 5. The Hall–Kier alpha value is -2.77. The summed E-state index contributed by atoms with van der Waals surface area (Å²) in [5.74, 6) is -0.869. The first kappa shape index (κ1) is 12.0. The maximum atomic E-state index is 11.4. The number of carboxylic acid groups (broad SMARTS) is 1. The molecule has 0 bridgehead atoms. The summed E-state index contributed by atoms with van der Waals surface area (Å²) >= 11 is 0. The molecule has 8 heteroatoms. The van der Waals surface area contributed by atoms with E-state index in [-0.39, 0.29) is 5.92 Å². The van der Waals surface area contributed by atoms with Crippen molar-refractivity contribution >= 4 is 22.8 Å². The van der Waals surface area contributed by atoms with Crippen LogP contribution in [0, 0.1) is 5.92 Å². The average molecular weight is 284 g/mol. The fourth-order valence-electron chi connectivity index (χ4n) is 2.87. The monoisotopic (exact) mass is 284 g/mol. The zero-order valence-corrected chi connectivity index (χ0v) is 11.0. The highest BCUT2D eigenvalue weighted by Crippen LogP contribution is 2.34. The van der Waals surface area contributed by atoms with E-state index >= 15 is 0 Å². The van der Waals surface area contributed by atoms with E-state index in [1.165, 1.54) is 0 Å². The van der Waals surface area contributed by atoms with Gasteiger partial charge >= 0.3 is 5.97 Å². The zero-order valence-electron chi connectivity index (χ0n) is 11.0. The summed E-state index contributed by atoms with van der Waals surface area (Å²) in [5, 5.41) is 17.8. The van der Waals surface area contributed by atoms with Crippen LogP contribution in [0.1, 0.15) is 24.6 Å². The summed E-state index contributed by atoms with van der Waals surface area (Å²) in [4.78, 5) is 22.8. The Bertz CT molecular complexity index is 864. The van der Waals surface area contributed by atoms with E-state index in [0.29, 0.717) is 35.5 Å².